The van der Waals surface area contributed by atoms with E-state index in [4.69, 9.17) is 14.2 Å². The number of unbranched alkanes of at least 4 members (excludes halogenated alkanes) is 42. The Morgan fingerprint density at radius 2 is 0.543 bits per heavy atom. The molecule has 2 atom stereocenters. The van der Waals surface area contributed by atoms with Crippen LogP contribution in [0.5, 0.6) is 0 Å². The molecule has 416 valence electrons. The van der Waals surface area contributed by atoms with Crippen molar-refractivity contribution in [2.75, 3.05) is 13.2 Å². The second-order valence-electron chi connectivity index (χ2n) is 22.8. The van der Waals surface area contributed by atoms with Gasteiger partial charge in [-0.2, -0.15) is 0 Å². The Morgan fingerprint density at radius 3 is 0.814 bits per heavy atom. The number of esters is 3. The summed E-state index contributed by atoms with van der Waals surface area (Å²) in [6.45, 7) is 11.5. The first-order chi connectivity index (χ1) is 34.3. The van der Waals surface area contributed by atoms with Crippen LogP contribution in [0.1, 0.15) is 362 Å². The second kappa shape index (κ2) is 56.7. The maximum absolute atomic E-state index is 12.9. The molecule has 0 rings (SSSR count). The average Bonchev–Trinajstić information content (AvgIpc) is 3.35. The molecule has 0 aromatic carbocycles. The SMILES string of the molecule is CCCCCCCCCCCCCCCCCCCC(=O)OC[C@H](COC(=O)CCCCCCCCCCCCCCCCC(C)C)OC(=O)CCCCCCCCCCCCCCCCC(C)CC. The van der Waals surface area contributed by atoms with E-state index in [2.05, 4.69) is 34.6 Å². The van der Waals surface area contributed by atoms with Gasteiger partial charge in [0.05, 0.1) is 0 Å². The standard InChI is InChI=1S/C64H124O6/c1-6-8-9-10-11-12-13-14-15-16-17-24-29-34-39-44-49-54-62(65)68-57-61(58-69-63(66)55-50-45-40-35-30-25-20-18-22-27-32-37-42-47-52-59(3)4)70-64(67)56-51-46-41-36-31-26-21-19-23-28-33-38-43-48-53-60(5)7-2/h59-61H,6-58H2,1-5H3/t60?,61-/m1/s1. The molecule has 0 fully saturated rings. The molecule has 0 aromatic heterocycles. The van der Waals surface area contributed by atoms with Gasteiger partial charge in [-0.05, 0) is 31.1 Å². The van der Waals surface area contributed by atoms with E-state index in [-0.39, 0.29) is 31.1 Å². The monoisotopic (exact) mass is 989 g/mol. The van der Waals surface area contributed by atoms with Crippen LogP contribution in [0.15, 0.2) is 0 Å². The molecule has 0 aliphatic rings. The van der Waals surface area contributed by atoms with Crippen LogP contribution in [0.2, 0.25) is 0 Å². The summed E-state index contributed by atoms with van der Waals surface area (Å²) in [7, 11) is 0. The van der Waals surface area contributed by atoms with E-state index < -0.39 is 6.10 Å². The molecule has 0 aliphatic carbocycles. The Bertz CT molecular complexity index is 1070. The Balaban J connectivity index is 4.30. The highest BCUT2D eigenvalue weighted by molar-refractivity contribution is 5.71. The number of hydrogen-bond acceptors (Lipinski definition) is 6. The number of ether oxygens (including phenoxy) is 3. The molecule has 0 saturated heterocycles. The summed E-state index contributed by atoms with van der Waals surface area (Å²) < 4.78 is 17.0. The molecule has 0 aromatic rings. The summed E-state index contributed by atoms with van der Waals surface area (Å²) in [4.78, 5) is 38.3. The summed E-state index contributed by atoms with van der Waals surface area (Å²) >= 11 is 0. The normalized spacial score (nSPS) is 12.4. The van der Waals surface area contributed by atoms with E-state index in [1.54, 1.807) is 0 Å². The van der Waals surface area contributed by atoms with Gasteiger partial charge in [0, 0.05) is 19.3 Å². The molecule has 0 heterocycles. The lowest BCUT2D eigenvalue weighted by molar-refractivity contribution is -0.167. The maximum atomic E-state index is 12.9. The summed E-state index contributed by atoms with van der Waals surface area (Å²) in [5, 5.41) is 0. The largest absolute Gasteiger partial charge is 0.462 e. The van der Waals surface area contributed by atoms with Gasteiger partial charge in [-0.3, -0.25) is 14.4 Å². The van der Waals surface area contributed by atoms with Gasteiger partial charge in [0.1, 0.15) is 13.2 Å². The number of rotatable bonds is 58. The molecule has 6 heteroatoms. The van der Waals surface area contributed by atoms with Crippen molar-refractivity contribution in [3.8, 4) is 0 Å². The van der Waals surface area contributed by atoms with Gasteiger partial charge in [-0.1, -0.05) is 324 Å². The first-order valence-corrected chi connectivity index (χ1v) is 31.8. The number of carbonyl (C=O) groups excluding carboxylic acids is 3. The van der Waals surface area contributed by atoms with Gasteiger partial charge < -0.3 is 14.2 Å². The number of hydrogen-bond donors (Lipinski definition) is 0. The molecule has 0 aliphatic heterocycles. The van der Waals surface area contributed by atoms with Crippen LogP contribution in [-0.2, 0) is 28.6 Å². The molecule has 1 unspecified atom stereocenters. The van der Waals surface area contributed by atoms with Crippen molar-refractivity contribution in [1.82, 2.24) is 0 Å². The van der Waals surface area contributed by atoms with Crippen molar-refractivity contribution in [3.05, 3.63) is 0 Å². The summed E-state index contributed by atoms with van der Waals surface area (Å²) in [6.07, 6.45) is 62.3. The van der Waals surface area contributed by atoms with Crippen molar-refractivity contribution < 1.29 is 28.6 Å². The predicted octanol–water partition coefficient (Wildman–Crippen LogP) is 21.2. The van der Waals surface area contributed by atoms with Gasteiger partial charge in [0.2, 0.25) is 0 Å². The van der Waals surface area contributed by atoms with E-state index in [1.165, 1.54) is 250 Å². The Hall–Kier alpha value is -1.59. The highest BCUT2D eigenvalue weighted by atomic mass is 16.6. The fraction of sp³-hybridized carbons (Fsp3) is 0.953. The minimum Gasteiger partial charge on any atom is -0.462 e. The predicted molar refractivity (Wildman–Crippen MR) is 303 cm³/mol. The van der Waals surface area contributed by atoms with Crippen LogP contribution in [-0.4, -0.2) is 37.2 Å². The third-order valence-corrected chi connectivity index (χ3v) is 15.1. The lowest BCUT2D eigenvalue weighted by Gasteiger charge is -2.18. The molecule has 0 amide bonds. The lowest BCUT2D eigenvalue weighted by Crippen LogP contribution is -2.30. The van der Waals surface area contributed by atoms with Gasteiger partial charge >= 0.3 is 17.9 Å². The van der Waals surface area contributed by atoms with Gasteiger partial charge in [0.15, 0.2) is 6.10 Å². The Morgan fingerprint density at radius 1 is 0.300 bits per heavy atom. The van der Waals surface area contributed by atoms with Crippen molar-refractivity contribution in [2.45, 2.75) is 368 Å². The quantitative estimate of drug-likeness (QED) is 0.0343. The smallest absolute Gasteiger partial charge is 0.306 e. The fourth-order valence-electron chi connectivity index (χ4n) is 9.90. The van der Waals surface area contributed by atoms with Crippen LogP contribution < -0.4 is 0 Å². The van der Waals surface area contributed by atoms with Crippen molar-refractivity contribution in [3.63, 3.8) is 0 Å². The zero-order valence-electron chi connectivity index (χ0n) is 48.2. The molecule has 0 bridgehead atoms. The first-order valence-electron chi connectivity index (χ1n) is 31.8. The van der Waals surface area contributed by atoms with E-state index in [0.717, 1.165) is 69.6 Å². The number of carbonyl (C=O) groups is 3. The topological polar surface area (TPSA) is 78.9 Å². The minimum atomic E-state index is -0.764. The molecular formula is C64H124O6. The van der Waals surface area contributed by atoms with Crippen LogP contribution in [0, 0.1) is 11.8 Å². The van der Waals surface area contributed by atoms with E-state index in [9.17, 15) is 14.4 Å². The third-order valence-electron chi connectivity index (χ3n) is 15.1. The molecule has 0 spiro atoms. The fourth-order valence-corrected chi connectivity index (χ4v) is 9.90. The van der Waals surface area contributed by atoms with Crippen LogP contribution in [0.25, 0.3) is 0 Å². The van der Waals surface area contributed by atoms with Gasteiger partial charge in [0.25, 0.3) is 0 Å². The second-order valence-corrected chi connectivity index (χ2v) is 22.8. The van der Waals surface area contributed by atoms with E-state index in [0.29, 0.717) is 19.3 Å². The highest BCUT2D eigenvalue weighted by Gasteiger charge is 2.19. The van der Waals surface area contributed by atoms with Crippen molar-refractivity contribution >= 4 is 17.9 Å². The summed E-state index contributed by atoms with van der Waals surface area (Å²) in [5.41, 5.74) is 0. The summed E-state index contributed by atoms with van der Waals surface area (Å²) in [6, 6.07) is 0. The van der Waals surface area contributed by atoms with Gasteiger partial charge in [-0.15, -0.1) is 0 Å². The molecule has 0 saturated carbocycles. The zero-order chi connectivity index (χ0) is 51.1. The average molecular weight is 990 g/mol. The molecular weight excluding hydrogens is 865 g/mol. The molecule has 6 nitrogen and oxygen atoms in total. The highest BCUT2D eigenvalue weighted by Crippen LogP contribution is 2.19. The van der Waals surface area contributed by atoms with Gasteiger partial charge in [-0.25, -0.2) is 0 Å². The lowest BCUT2D eigenvalue weighted by atomic mass is 9.99. The summed E-state index contributed by atoms with van der Waals surface area (Å²) in [5.74, 6) is 0.908. The van der Waals surface area contributed by atoms with Crippen LogP contribution in [0.4, 0.5) is 0 Å². The minimum absolute atomic E-state index is 0.0619. The van der Waals surface area contributed by atoms with E-state index in [1.807, 2.05) is 0 Å². The molecule has 0 radical (unpaired) electrons. The van der Waals surface area contributed by atoms with Crippen LogP contribution >= 0.6 is 0 Å². The Kier molecular flexibility index (Phi) is 55.4. The first kappa shape index (κ1) is 68.4. The van der Waals surface area contributed by atoms with Crippen molar-refractivity contribution in [1.29, 1.82) is 0 Å². The third kappa shape index (κ3) is 55.7. The van der Waals surface area contributed by atoms with Crippen molar-refractivity contribution in [2.24, 2.45) is 11.8 Å². The maximum Gasteiger partial charge on any atom is 0.306 e. The zero-order valence-corrected chi connectivity index (χ0v) is 48.2. The molecule has 70 heavy (non-hydrogen) atoms. The van der Waals surface area contributed by atoms with E-state index >= 15 is 0 Å². The molecule has 0 N–H and O–H groups in total. The van der Waals surface area contributed by atoms with Crippen LogP contribution in [0.3, 0.4) is 0 Å². The Labute approximate surface area is 438 Å².